The molecule has 160 valence electrons. The first-order valence-electron chi connectivity index (χ1n) is 10.4. The highest BCUT2D eigenvalue weighted by Crippen LogP contribution is 2.29. The van der Waals surface area contributed by atoms with Crippen LogP contribution in [0.4, 0.5) is 0 Å². The average molecular weight is 417 g/mol. The predicted molar refractivity (Wildman–Crippen MR) is 124 cm³/mol. The van der Waals surface area contributed by atoms with E-state index in [1.165, 1.54) is 11.1 Å². The normalized spacial score (nSPS) is 10.5. The van der Waals surface area contributed by atoms with Gasteiger partial charge in [-0.1, -0.05) is 67.2 Å². The van der Waals surface area contributed by atoms with E-state index in [1.54, 1.807) is 6.92 Å². The van der Waals surface area contributed by atoms with Crippen LogP contribution >= 0.6 is 0 Å². The minimum atomic E-state index is -0.371. The van der Waals surface area contributed by atoms with Gasteiger partial charge >= 0.3 is 5.97 Å². The Morgan fingerprint density at radius 2 is 1.48 bits per heavy atom. The van der Waals surface area contributed by atoms with Crippen LogP contribution in [0.2, 0.25) is 0 Å². The van der Waals surface area contributed by atoms with E-state index in [0.717, 1.165) is 22.4 Å². The van der Waals surface area contributed by atoms with Gasteiger partial charge in [-0.2, -0.15) is 0 Å². The molecule has 0 atom stereocenters. The molecule has 0 aliphatic rings. The van der Waals surface area contributed by atoms with Crippen molar-refractivity contribution in [1.29, 1.82) is 0 Å². The largest absolute Gasteiger partial charge is 0.491 e. The zero-order chi connectivity index (χ0) is 22.1. The highest BCUT2D eigenvalue weighted by molar-refractivity contribution is 5.86. The molecule has 0 amide bonds. The van der Waals surface area contributed by atoms with E-state index >= 15 is 0 Å². The van der Waals surface area contributed by atoms with Crippen molar-refractivity contribution in [2.24, 2.45) is 0 Å². The van der Waals surface area contributed by atoms with Gasteiger partial charge < -0.3 is 14.6 Å². The van der Waals surface area contributed by atoms with Crippen LogP contribution in [0.3, 0.4) is 0 Å². The molecule has 0 aliphatic heterocycles. The summed E-state index contributed by atoms with van der Waals surface area (Å²) in [6, 6.07) is 24.8. The Bertz CT molecular complexity index is 1010. The highest BCUT2D eigenvalue weighted by atomic mass is 16.5. The first kappa shape index (κ1) is 22.3. The Balaban J connectivity index is 1.75. The van der Waals surface area contributed by atoms with Crippen LogP contribution in [0.15, 0.2) is 84.9 Å². The minimum absolute atomic E-state index is 0.0433. The number of carbonyl (C=O) groups excluding carboxylic acids is 1. The summed E-state index contributed by atoms with van der Waals surface area (Å²) in [7, 11) is 0. The maximum Gasteiger partial charge on any atom is 0.333 e. The van der Waals surface area contributed by atoms with Crippen molar-refractivity contribution in [3.05, 3.63) is 90.5 Å². The summed E-state index contributed by atoms with van der Waals surface area (Å²) >= 11 is 0. The first-order valence-corrected chi connectivity index (χ1v) is 10.4. The van der Waals surface area contributed by atoms with E-state index in [0.29, 0.717) is 25.0 Å². The molecule has 0 saturated carbocycles. The molecule has 3 aromatic rings. The molecule has 4 nitrogen and oxygen atoms in total. The summed E-state index contributed by atoms with van der Waals surface area (Å²) in [5.74, 6) is 0.369. The molecule has 0 radical (unpaired) electrons. The van der Waals surface area contributed by atoms with Gasteiger partial charge in [0.25, 0.3) is 0 Å². The first-order chi connectivity index (χ1) is 15.1. The van der Waals surface area contributed by atoms with E-state index in [9.17, 15) is 4.79 Å². The van der Waals surface area contributed by atoms with Crippen molar-refractivity contribution in [3.8, 4) is 28.0 Å². The van der Waals surface area contributed by atoms with Crippen LogP contribution in [0, 0.1) is 0 Å². The summed E-state index contributed by atoms with van der Waals surface area (Å²) < 4.78 is 10.9. The summed E-state index contributed by atoms with van der Waals surface area (Å²) in [5, 5.41) is 9.11. The Morgan fingerprint density at radius 3 is 2.13 bits per heavy atom. The minimum Gasteiger partial charge on any atom is -0.491 e. The van der Waals surface area contributed by atoms with Gasteiger partial charge in [-0.25, -0.2) is 4.79 Å². The fourth-order valence-corrected chi connectivity index (χ4v) is 3.29. The van der Waals surface area contributed by atoms with Gasteiger partial charge in [0.1, 0.15) is 12.4 Å². The Kier molecular flexibility index (Phi) is 8.02. The topological polar surface area (TPSA) is 55.8 Å². The molecule has 0 bridgehead atoms. The second-order valence-electron chi connectivity index (χ2n) is 7.36. The predicted octanol–water partition coefficient (Wildman–Crippen LogP) is 5.44. The van der Waals surface area contributed by atoms with Crippen molar-refractivity contribution in [3.63, 3.8) is 0 Å². The van der Waals surface area contributed by atoms with Crippen LogP contribution in [0.25, 0.3) is 22.3 Å². The molecule has 3 aromatic carbocycles. The third-order valence-corrected chi connectivity index (χ3v) is 4.91. The monoisotopic (exact) mass is 416 g/mol. The molecule has 1 N–H and O–H groups in total. The highest BCUT2D eigenvalue weighted by Gasteiger charge is 2.09. The molecule has 0 heterocycles. The summed E-state index contributed by atoms with van der Waals surface area (Å²) in [6.45, 7) is 5.74. The number of aliphatic hydroxyl groups excluding tert-OH is 1. The zero-order valence-corrected chi connectivity index (χ0v) is 17.8. The van der Waals surface area contributed by atoms with Gasteiger partial charge in [0.15, 0.2) is 0 Å². The number of benzene rings is 3. The third-order valence-electron chi connectivity index (χ3n) is 4.91. The van der Waals surface area contributed by atoms with Crippen molar-refractivity contribution >= 4 is 5.97 Å². The summed E-state index contributed by atoms with van der Waals surface area (Å²) in [4.78, 5) is 11.6. The molecule has 0 fully saturated rings. The number of ether oxygens (including phenoxy) is 2. The molecule has 0 saturated heterocycles. The lowest BCUT2D eigenvalue weighted by atomic mass is 9.97. The van der Waals surface area contributed by atoms with Gasteiger partial charge in [0.2, 0.25) is 0 Å². The number of hydrogen-bond donors (Lipinski definition) is 1. The van der Waals surface area contributed by atoms with Gasteiger partial charge in [-0.3, -0.25) is 0 Å². The van der Waals surface area contributed by atoms with Gasteiger partial charge in [-0.05, 0) is 59.7 Å². The number of hydrogen-bond acceptors (Lipinski definition) is 4. The van der Waals surface area contributed by atoms with E-state index < -0.39 is 0 Å². The second kappa shape index (κ2) is 11.1. The van der Waals surface area contributed by atoms with Crippen molar-refractivity contribution in [1.82, 2.24) is 0 Å². The molecule has 4 heteroatoms. The van der Waals surface area contributed by atoms with Crippen molar-refractivity contribution < 1.29 is 19.4 Å². The molecule has 31 heavy (non-hydrogen) atoms. The Morgan fingerprint density at radius 1 is 0.871 bits per heavy atom. The second-order valence-corrected chi connectivity index (χ2v) is 7.36. The lowest BCUT2D eigenvalue weighted by Gasteiger charge is -2.13. The number of rotatable bonds is 10. The standard InChI is InChI=1S/C27H28O4/c1-20(2)27(29)31-17-6-9-25-19-24(14-15-26(25)30-18-16-28)23-12-10-22(11-13-23)21-7-4-3-5-8-21/h3-5,7-8,10-15,19,28H,1,6,9,16-18H2,2H3. The number of aryl methyl sites for hydroxylation is 1. The van der Waals surface area contributed by atoms with E-state index in [1.807, 2.05) is 30.3 Å². The number of carbonyl (C=O) groups is 1. The van der Waals surface area contributed by atoms with Crippen molar-refractivity contribution in [2.75, 3.05) is 19.8 Å². The van der Waals surface area contributed by atoms with Crippen LogP contribution in [0.5, 0.6) is 5.75 Å². The van der Waals surface area contributed by atoms with Gasteiger partial charge in [0.05, 0.1) is 13.2 Å². The molecule has 0 aliphatic carbocycles. The van der Waals surface area contributed by atoms with Gasteiger partial charge in [-0.15, -0.1) is 0 Å². The molecular weight excluding hydrogens is 388 g/mol. The fraction of sp³-hybridized carbons (Fsp3) is 0.222. The van der Waals surface area contributed by atoms with Crippen LogP contribution in [-0.2, 0) is 16.0 Å². The van der Waals surface area contributed by atoms with E-state index in [4.69, 9.17) is 14.6 Å². The van der Waals surface area contributed by atoms with Crippen LogP contribution in [0.1, 0.15) is 18.9 Å². The Hall–Kier alpha value is -3.37. The molecule has 0 spiro atoms. The SMILES string of the molecule is C=C(C)C(=O)OCCCc1cc(-c2ccc(-c3ccccc3)cc2)ccc1OCCO. The smallest absolute Gasteiger partial charge is 0.333 e. The van der Waals surface area contributed by atoms with E-state index in [-0.39, 0.29) is 19.2 Å². The zero-order valence-electron chi connectivity index (χ0n) is 17.8. The Labute approximate surface area is 183 Å². The van der Waals surface area contributed by atoms with E-state index in [2.05, 4.69) is 49.0 Å². The number of esters is 1. The third kappa shape index (κ3) is 6.30. The average Bonchev–Trinajstić information content (AvgIpc) is 2.81. The fourth-order valence-electron chi connectivity index (χ4n) is 3.29. The summed E-state index contributed by atoms with van der Waals surface area (Å²) in [6.07, 6.45) is 1.37. The van der Waals surface area contributed by atoms with Crippen LogP contribution in [-0.4, -0.2) is 30.9 Å². The maximum atomic E-state index is 11.6. The quantitative estimate of drug-likeness (QED) is 0.271. The molecule has 3 rings (SSSR count). The lowest BCUT2D eigenvalue weighted by molar-refractivity contribution is -0.139. The van der Waals surface area contributed by atoms with Gasteiger partial charge in [0, 0.05) is 5.57 Å². The van der Waals surface area contributed by atoms with Crippen molar-refractivity contribution in [2.45, 2.75) is 19.8 Å². The summed E-state index contributed by atoms with van der Waals surface area (Å²) in [5.41, 5.74) is 5.98. The lowest BCUT2D eigenvalue weighted by Crippen LogP contribution is -2.08. The molecular formula is C27H28O4. The van der Waals surface area contributed by atoms with Crippen LogP contribution < -0.4 is 4.74 Å². The molecule has 0 unspecified atom stereocenters. The number of aliphatic hydroxyl groups is 1. The maximum absolute atomic E-state index is 11.6. The molecule has 0 aromatic heterocycles.